The number of nitrogens with one attached hydrogen (secondary N) is 1. The van der Waals surface area contributed by atoms with E-state index in [9.17, 15) is 0 Å². The molecule has 2 atom stereocenters. The van der Waals surface area contributed by atoms with E-state index < -0.39 is 0 Å². The quantitative estimate of drug-likeness (QED) is 0.830. The van der Waals surface area contributed by atoms with Crippen molar-refractivity contribution in [2.45, 2.75) is 32.9 Å². The second-order valence-corrected chi connectivity index (χ2v) is 4.51. The minimum absolute atomic E-state index is 0.161. The van der Waals surface area contributed by atoms with Gasteiger partial charge in [-0.2, -0.15) is 0 Å². The van der Waals surface area contributed by atoms with E-state index in [1.165, 1.54) is 11.1 Å². The van der Waals surface area contributed by atoms with Crippen LogP contribution in [-0.2, 0) is 4.74 Å². The van der Waals surface area contributed by atoms with Gasteiger partial charge in [0, 0.05) is 19.5 Å². The van der Waals surface area contributed by atoms with Crippen molar-refractivity contribution in [2.75, 3.05) is 14.2 Å². The van der Waals surface area contributed by atoms with Gasteiger partial charge in [0.2, 0.25) is 0 Å². The Morgan fingerprint density at radius 2 is 2.00 bits per heavy atom. The summed E-state index contributed by atoms with van der Waals surface area (Å²) in [7, 11) is 3.72. The van der Waals surface area contributed by atoms with Gasteiger partial charge in [0.25, 0.3) is 0 Å². The predicted molar refractivity (Wildman–Crippen MR) is 66.4 cm³/mol. The first kappa shape index (κ1) is 13.1. The molecule has 16 heavy (non-hydrogen) atoms. The van der Waals surface area contributed by atoms with Gasteiger partial charge in [0.15, 0.2) is 0 Å². The standard InChI is InChI=1S/C13H22N2O/c1-9(2)13(16-5)12(14-4)11-6-10(3)7-15-8-11/h6-9,12-14H,1-5H3. The molecule has 0 aliphatic heterocycles. The number of aromatic nitrogens is 1. The van der Waals surface area contributed by atoms with E-state index in [4.69, 9.17) is 4.74 Å². The molecule has 0 aromatic carbocycles. The summed E-state index contributed by atoms with van der Waals surface area (Å²) in [4.78, 5) is 4.23. The highest BCUT2D eigenvalue weighted by molar-refractivity contribution is 5.21. The number of hydrogen-bond donors (Lipinski definition) is 1. The zero-order valence-electron chi connectivity index (χ0n) is 10.8. The van der Waals surface area contributed by atoms with Crippen molar-refractivity contribution in [2.24, 2.45) is 5.92 Å². The van der Waals surface area contributed by atoms with Crippen molar-refractivity contribution in [3.8, 4) is 0 Å². The minimum Gasteiger partial charge on any atom is -0.379 e. The molecule has 0 saturated heterocycles. The zero-order chi connectivity index (χ0) is 12.1. The zero-order valence-corrected chi connectivity index (χ0v) is 10.8. The summed E-state index contributed by atoms with van der Waals surface area (Å²) < 4.78 is 5.57. The maximum atomic E-state index is 5.57. The molecule has 1 aromatic rings. The molecule has 0 saturated carbocycles. The number of ether oxygens (including phenoxy) is 1. The van der Waals surface area contributed by atoms with E-state index in [-0.39, 0.29) is 12.1 Å². The molecule has 0 spiro atoms. The predicted octanol–water partition coefficient (Wildman–Crippen LogP) is 2.32. The second kappa shape index (κ2) is 5.97. The fraction of sp³-hybridized carbons (Fsp3) is 0.615. The Morgan fingerprint density at radius 3 is 2.44 bits per heavy atom. The summed E-state index contributed by atoms with van der Waals surface area (Å²) >= 11 is 0. The van der Waals surface area contributed by atoms with E-state index in [1.54, 1.807) is 7.11 Å². The summed E-state index contributed by atoms with van der Waals surface area (Å²) in [5.74, 6) is 0.461. The summed E-state index contributed by atoms with van der Waals surface area (Å²) in [6.45, 7) is 6.39. The van der Waals surface area contributed by atoms with Crippen LogP contribution in [0.15, 0.2) is 18.5 Å². The van der Waals surface area contributed by atoms with Gasteiger partial charge in [-0.3, -0.25) is 4.98 Å². The number of pyridine rings is 1. The average molecular weight is 222 g/mol. The SMILES string of the molecule is CNC(c1cncc(C)c1)C(OC)C(C)C. The van der Waals surface area contributed by atoms with Crippen molar-refractivity contribution < 1.29 is 4.74 Å². The summed E-state index contributed by atoms with van der Waals surface area (Å²) in [6, 6.07) is 2.35. The maximum Gasteiger partial charge on any atom is 0.0789 e. The number of methoxy groups -OCH3 is 1. The Labute approximate surface area is 98.2 Å². The summed E-state index contributed by atoms with van der Waals surface area (Å²) in [5.41, 5.74) is 2.36. The van der Waals surface area contributed by atoms with Crippen molar-refractivity contribution in [1.29, 1.82) is 0 Å². The second-order valence-electron chi connectivity index (χ2n) is 4.51. The van der Waals surface area contributed by atoms with Gasteiger partial charge in [-0.25, -0.2) is 0 Å². The molecule has 1 heterocycles. The molecule has 0 aliphatic rings. The number of hydrogen-bond acceptors (Lipinski definition) is 3. The van der Waals surface area contributed by atoms with Crippen LogP contribution in [0.1, 0.15) is 31.0 Å². The highest BCUT2D eigenvalue weighted by Crippen LogP contribution is 2.23. The molecule has 0 aliphatic carbocycles. The molecule has 3 nitrogen and oxygen atoms in total. The first-order chi connectivity index (χ1) is 7.60. The van der Waals surface area contributed by atoms with Gasteiger partial charge < -0.3 is 10.1 Å². The first-order valence-corrected chi connectivity index (χ1v) is 5.71. The van der Waals surface area contributed by atoms with Gasteiger partial charge in [0.1, 0.15) is 0 Å². The van der Waals surface area contributed by atoms with Crippen molar-refractivity contribution in [3.05, 3.63) is 29.6 Å². The lowest BCUT2D eigenvalue weighted by molar-refractivity contribution is 0.0347. The van der Waals surface area contributed by atoms with Crippen LogP contribution >= 0.6 is 0 Å². The fourth-order valence-electron chi connectivity index (χ4n) is 2.06. The molecule has 0 amide bonds. The molecular formula is C13H22N2O. The van der Waals surface area contributed by atoms with Crippen LogP contribution in [0, 0.1) is 12.8 Å². The molecule has 1 N–H and O–H groups in total. The topological polar surface area (TPSA) is 34.2 Å². The maximum absolute atomic E-state index is 5.57. The molecule has 0 fully saturated rings. The molecule has 0 radical (unpaired) electrons. The molecule has 1 rings (SSSR count). The minimum atomic E-state index is 0.161. The van der Waals surface area contributed by atoms with Gasteiger partial charge in [-0.05, 0) is 31.0 Å². The Kier molecular flexibility index (Phi) is 4.90. The lowest BCUT2D eigenvalue weighted by Gasteiger charge is -2.29. The summed E-state index contributed by atoms with van der Waals surface area (Å²) in [5, 5.41) is 3.31. The third-order valence-corrected chi connectivity index (χ3v) is 2.82. The van der Waals surface area contributed by atoms with Crippen LogP contribution in [0.3, 0.4) is 0 Å². The van der Waals surface area contributed by atoms with Crippen LogP contribution in [0.4, 0.5) is 0 Å². The number of rotatable bonds is 5. The molecule has 3 heteroatoms. The van der Waals surface area contributed by atoms with Crippen LogP contribution in [0.2, 0.25) is 0 Å². The average Bonchev–Trinajstić information content (AvgIpc) is 2.25. The van der Waals surface area contributed by atoms with Gasteiger partial charge in [-0.1, -0.05) is 19.9 Å². The number of nitrogens with zero attached hydrogens (tertiary/aromatic N) is 1. The lowest BCUT2D eigenvalue weighted by Crippen LogP contribution is -2.34. The smallest absolute Gasteiger partial charge is 0.0789 e. The summed E-state index contributed by atoms with van der Waals surface area (Å²) in [6.07, 6.45) is 3.93. The largest absolute Gasteiger partial charge is 0.379 e. The molecular weight excluding hydrogens is 200 g/mol. The third kappa shape index (κ3) is 3.03. The van der Waals surface area contributed by atoms with Crippen LogP contribution in [0.25, 0.3) is 0 Å². The molecule has 0 bridgehead atoms. The molecule has 90 valence electrons. The first-order valence-electron chi connectivity index (χ1n) is 5.71. The van der Waals surface area contributed by atoms with E-state index in [0.717, 1.165) is 0 Å². The van der Waals surface area contributed by atoms with Crippen LogP contribution in [-0.4, -0.2) is 25.2 Å². The number of aryl methyl sites for hydroxylation is 1. The van der Waals surface area contributed by atoms with Gasteiger partial charge in [0.05, 0.1) is 12.1 Å². The van der Waals surface area contributed by atoms with E-state index in [0.29, 0.717) is 5.92 Å². The normalized spacial score (nSPS) is 15.1. The van der Waals surface area contributed by atoms with Crippen LogP contribution < -0.4 is 5.32 Å². The fourth-order valence-corrected chi connectivity index (χ4v) is 2.06. The third-order valence-electron chi connectivity index (χ3n) is 2.82. The van der Waals surface area contributed by atoms with Crippen molar-refractivity contribution in [1.82, 2.24) is 10.3 Å². The number of likely N-dealkylation sites (N-methyl/N-ethyl adjacent to an activating group) is 1. The van der Waals surface area contributed by atoms with Crippen molar-refractivity contribution >= 4 is 0 Å². The monoisotopic (exact) mass is 222 g/mol. The van der Waals surface area contributed by atoms with Crippen LogP contribution in [0.5, 0.6) is 0 Å². The Hall–Kier alpha value is -0.930. The molecule has 1 aromatic heterocycles. The lowest BCUT2D eigenvalue weighted by atomic mass is 9.94. The van der Waals surface area contributed by atoms with Gasteiger partial charge >= 0.3 is 0 Å². The van der Waals surface area contributed by atoms with E-state index in [1.807, 2.05) is 19.4 Å². The van der Waals surface area contributed by atoms with Gasteiger partial charge in [-0.15, -0.1) is 0 Å². The van der Waals surface area contributed by atoms with E-state index in [2.05, 4.69) is 37.1 Å². The highest BCUT2D eigenvalue weighted by Gasteiger charge is 2.24. The molecule has 2 unspecified atom stereocenters. The Bertz CT molecular complexity index is 325. The Balaban J connectivity index is 2.96. The van der Waals surface area contributed by atoms with E-state index >= 15 is 0 Å². The highest BCUT2D eigenvalue weighted by atomic mass is 16.5. The van der Waals surface area contributed by atoms with Crippen molar-refractivity contribution in [3.63, 3.8) is 0 Å². The Morgan fingerprint density at radius 1 is 1.31 bits per heavy atom.